The molecule has 23 heteroatoms. The molecule has 0 bridgehead atoms. The van der Waals surface area contributed by atoms with Crippen molar-refractivity contribution in [1.29, 1.82) is 5.16 Å². The molecule has 250 valence electrons. The van der Waals surface area contributed by atoms with E-state index >= 15 is 0 Å². The first-order chi connectivity index (χ1) is 21.2. The molecule has 0 aliphatic carbocycles. The van der Waals surface area contributed by atoms with Crippen LogP contribution in [0.15, 0.2) is 63.1 Å². The van der Waals surface area contributed by atoms with Crippen molar-refractivity contribution in [2.45, 2.75) is 19.3 Å². The van der Waals surface area contributed by atoms with E-state index in [1.807, 2.05) is 24.3 Å². The number of hydrogen-bond acceptors (Lipinski definition) is 14. The van der Waals surface area contributed by atoms with Crippen LogP contribution in [0.5, 0.6) is 11.5 Å². The standard InChI is InChI=1S/C22H37N7O9P6S/c1-28(25-15-19-6-8-20(9-7-19)37-26-40-27-41-39-23)42(45)38-21-10-4-18(5-11-21)12-13-24-22(30)3-2-14-29(16-43(31,32)33)17-44(34,35)36/h4-11,15,23,31-36,42-44H,2-3,12-14,16-17H2,1H3,(H,24,30). The summed E-state index contributed by atoms with van der Waals surface area (Å²) < 4.78 is 11.4. The molecule has 1 amide bonds. The summed E-state index contributed by atoms with van der Waals surface area (Å²) in [6.07, 6.45) is 1.31. The molecule has 0 spiro atoms. The van der Waals surface area contributed by atoms with Crippen LogP contribution in [0.3, 0.4) is 0 Å². The maximum absolute atomic E-state index is 12.2. The summed E-state index contributed by atoms with van der Waals surface area (Å²) in [6.45, 7) is 0.416. The van der Waals surface area contributed by atoms with Gasteiger partial charge in [0.25, 0.3) is 0 Å². The van der Waals surface area contributed by atoms with Crippen molar-refractivity contribution in [2.75, 3.05) is 32.7 Å². The van der Waals surface area contributed by atoms with E-state index in [-0.39, 0.29) is 25.3 Å². The number of benzene rings is 2. The molecular formula is C22H37N7O9P6S. The Morgan fingerprint density at radius 1 is 1.04 bits per heavy atom. The number of rotatable bonds is 20. The molecule has 1 unspecified atom stereocenters. The van der Waals surface area contributed by atoms with Gasteiger partial charge in [0.1, 0.15) is 5.75 Å². The molecule has 1 atom stereocenters. The first-order valence-electron chi connectivity index (χ1n) is 13.1. The molecule has 0 aliphatic heterocycles. The molecule has 0 radical (unpaired) electrons. The molecule has 8 N–H and O–H groups in total. The van der Waals surface area contributed by atoms with Gasteiger partial charge in [0.15, 0.2) is 5.75 Å². The zero-order valence-corrected chi connectivity index (χ0v) is 30.5. The zero-order chi connectivity index (χ0) is 33.3. The molecule has 2 rings (SSSR count). The van der Waals surface area contributed by atoms with Crippen LogP contribution in [-0.4, -0.2) is 83.9 Å². The van der Waals surface area contributed by atoms with E-state index < -0.39 is 35.5 Å². The topological polar surface area (TPSA) is 236 Å². The molecule has 0 fully saturated rings. The second-order valence-electron chi connectivity index (χ2n) is 9.35. The van der Waals surface area contributed by atoms with Crippen LogP contribution in [0, 0.1) is 5.16 Å². The third kappa shape index (κ3) is 19.1. The summed E-state index contributed by atoms with van der Waals surface area (Å²) >= 11 is 5.51. The average molecular weight is 761 g/mol. The predicted molar refractivity (Wildman–Crippen MR) is 186 cm³/mol. The van der Waals surface area contributed by atoms with Gasteiger partial charge in [0.2, 0.25) is 15.6 Å². The quantitative estimate of drug-likeness (QED) is 0.0538. The van der Waals surface area contributed by atoms with Gasteiger partial charge in [-0.25, -0.2) is 4.78 Å². The maximum atomic E-state index is 12.2. The van der Waals surface area contributed by atoms with Crippen molar-refractivity contribution in [1.82, 2.24) is 15.0 Å². The molecular weight excluding hydrogens is 724 g/mol. The van der Waals surface area contributed by atoms with Crippen molar-refractivity contribution in [3.63, 3.8) is 0 Å². The summed E-state index contributed by atoms with van der Waals surface area (Å²) in [6, 6.07) is 14.5. The molecule has 45 heavy (non-hydrogen) atoms. The Morgan fingerprint density at radius 2 is 1.67 bits per heavy atom. The van der Waals surface area contributed by atoms with E-state index in [9.17, 15) is 34.2 Å². The van der Waals surface area contributed by atoms with E-state index in [0.29, 0.717) is 49.1 Å². The third-order valence-electron chi connectivity index (χ3n) is 5.45. The van der Waals surface area contributed by atoms with E-state index in [2.05, 4.69) is 19.8 Å². The number of hydrazone groups is 1. The van der Waals surface area contributed by atoms with Crippen molar-refractivity contribution < 1.29 is 43.5 Å². The zero-order valence-electron chi connectivity index (χ0n) is 24.0. The van der Waals surface area contributed by atoms with E-state index in [4.69, 9.17) is 26.3 Å². The van der Waals surface area contributed by atoms with E-state index in [0.717, 1.165) is 16.0 Å². The Bertz CT molecular complexity index is 1310. The van der Waals surface area contributed by atoms with Gasteiger partial charge in [0.05, 0.1) is 22.3 Å². The number of nitrogens with zero attached hydrogens (tertiary/aromatic N) is 5. The van der Waals surface area contributed by atoms with Gasteiger partial charge in [0, 0.05) is 7.05 Å². The second kappa shape index (κ2) is 20.7. The Kier molecular flexibility index (Phi) is 18.2. The summed E-state index contributed by atoms with van der Waals surface area (Å²) in [5.41, 5.74) is 1.79. The van der Waals surface area contributed by atoms with Gasteiger partial charge in [-0.15, -0.1) is 0 Å². The van der Waals surface area contributed by atoms with Crippen LogP contribution < -0.4 is 14.7 Å². The first-order valence-corrected chi connectivity index (χ1v) is 22.9. The van der Waals surface area contributed by atoms with E-state index in [1.165, 1.54) is 0 Å². The molecule has 2 aromatic rings. The number of carbonyl (C=O) groups is 1. The Balaban J connectivity index is 1.72. The van der Waals surface area contributed by atoms with Crippen molar-refractivity contribution in [2.24, 2.45) is 14.5 Å². The summed E-state index contributed by atoms with van der Waals surface area (Å²) in [7, 11) is -7.75. The normalized spacial score (nSPS) is 14.0. The minimum absolute atomic E-state index is 0.0416. The monoisotopic (exact) mass is 761 g/mol. The summed E-state index contributed by atoms with van der Waals surface area (Å²) in [5.74, 6) is 0.899. The molecule has 0 saturated heterocycles. The van der Waals surface area contributed by atoms with Gasteiger partial charge < -0.3 is 9.36 Å². The number of hydrogen-bond donors (Lipinski definition) is 8. The van der Waals surface area contributed by atoms with Gasteiger partial charge in [-0.1, -0.05) is 0 Å². The molecule has 0 aliphatic rings. The van der Waals surface area contributed by atoms with Crippen LogP contribution in [0.4, 0.5) is 0 Å². The van der Waals surface area contributed by atoms with Gasteiger partial charge in [-0.2, -0.15) is 9.62 Å². The number of nitrogens with one attached hydrogen (secondary N) is 2. The summed E-state index contributed by atoms with van der Waals surface area (Å²) in [4.78, 5) is 78.0. The van der Waals surface area contributed by atoms with Crippen molar-refractivity contribution in [3.05, 3.63) is 59.7 Å². The second-order valence-corrected chi connectivity index (χ2v) is 18.1. The molecule has 16 nitrogen and oxygen atoms in total. The fraction of sp³-hybridized carbons (Fsp3) is 0.364. The summed E-state index contributed by atoms with van der Waals surface area (Å²) in [5, 5.41) is 14.1. The third-order valence-corrected chi connectivity index (χ3v) is 11.2. The number of amides is 1. The van der Waals surface area contributed by atoms with Crippen molar-refractivity contribution in [3.8, 4) is 11.5 Å². The predicted octanol–water partition coefficient (Wildman–Crippen LogP) is 4.23. The van der Waals surface area contributed by atoms with Crippen LogP contribution in [-0.2, 0) is 23.0 Å². The Hall–Kier alpha value is -1.49. The van der Waals surface area contributed by atoms with Gasteiger partial charge in [-0.3, -0.25) is 5.16 Å². The fourth-order valence-electron chi connectivity index (χ4n) is 3.54. The SMILES string of the molecule is CN(N=Cc1ccc(O/N=P\N=P\P=N)cc1)[PH](=S)Oc1ccc(CCNC(=O)CCCN(C[PH](O)(O)O)C[PH](O)(O)O)cc1. The van der Waals surface area contributed by atoms with Gasteiger partial charge >= 0.3 is 141 Å². The van der Waals surface area contributed by atoms with Gasteiger partial charge in [-0.05, 0) is 46.5 Å². The molecule has 0 heterocycles. The molecule has 2 aromatic carbocycles. The molecule has 0 saturated carbocycles. The Labute approximate surface area is 272 Å². The minimum atomic E-state index is -4.52. The van der Waals surface area contributed by atoms with Crippen LogP contribution in [0.25, 0.3) is 0 Å². The van der Waals surface area contributed by atoms with E-state index in [1.54, 1.807) is 42.3 Å². The van der Waals surface area contributed by atoms with Crippen LogP contribution >= 0.6 is 47.6 Å². The van der Waals surface area contributed by atoms with Crippen LogP contribution in [0.1, 0.15) is 24.0 Å². The number of carbonyl (C=O) groups excluding carboxylic acids is 1. The average Bonchev–Trinajstić information content (AvgIpc) is 2.95. The van der Waals surface area contributed by atoms with Crippen molar-refractivity contribution >= 4 is 71.5 Å². The fourth-order valence-corrected chi connectivity index (χ4v) is 7.80. The van der Waals surface area contributed by atoms with Crippen LogP contribution in [0.2, 0.25) is 0 Å². The molecule has 0 aromatic heterocycles. The first kappa shape index (κ1) is 39.7. The Morgan fingerprint density at radius 3 is 2.27 bits per heavy atom.